The number of anilines is 1. The average Bonchev–Trinajstić information content (AvgIpc) is 2.67. The molecule has 0 spiro atoms. The fraction of sp³-hybridized carbons (Fsp3) is 0.143. The van der Waals surface area contributed by atoms with Crippen LogP contribution in [0.25, 0.3) is 6.08 Å². The number of methoxy groups -OCH3 is 1. The Bertz CT molecular complexity index is 1020. The van der Waals surface area contributed by atoms with Gasteiger partial charge in [0.1, 0.15) is 5.57 Å². The summed E-state index contributed by atoms with van der Waals surface area (Å²) in [7, 11) is 1.28. The molecule has 0 radical (unpaired) electrons. The molecule has 0 atom stereocenters. The van der Waals surface area contributed by atoms with E-state index in [9.17, 15) is 19.2 Å². The van der Waals surface area contributed by atoms with Crippen LogP contribution in [-0.4, -0.2) is 30.9 Å². The van der Waals surface area contributed by atoms with Crippen molar-refractivity contribution in [2.75, 3.05) is 12.0 Å². The number of imide groups is 2. The van der Waals surface area contributed by atoms with E-state index in [1.54, 1.807) is 30.3 Å². The van der Waals surface area contributed by atoms with Crippen molar-refractivity contribution in [3.63, 3.8) is 0 Å². The van der Waals surface area contributed by atoms with Crippen molar-refractivity contribution in [2.24, 2.45) is 0 Å². The zero-order valence-corrected chi connectivity index (χ0v) is 15.6. The first-order valence-corrected chi connectivity index (χ1v) is 8.49. The third-order valence-corrected chi connectivity index (χ3v) is 4.49. The Kier molecular flexibility index (Phi) is 5.08. The first kappa shape index (κ1) is 19.0. The summed E-state index contributed by atoms with van der Waals surface area (Å²) in [5, 5.41) is 2.19. The van der Waals surface area contributed by atoms with Gasteiger partial charge in [0.25, 0.3) is 11.8 Å². The van der Waals surface area contributed by atoms with Gasteiger partial charge in [-0.2, -0.15) is 0 Å². The summed E-state index contributed by atoms with van der Waals surface area (Å²) >= 11 is 0. The Morgan fingerprint density at radius 3 is 2.29 bits per heavy atom. The normalized spacial score (nSPS) is 15.6. The number of urea groups is 1. The smallest absolute Gasteiger partial charge is 0.337 e. The number of ether oxygens (including phenoxy) is 1. The maximum absolute atomic E-state index is 12.9. The highest BCUT2D eigenvalue weighted by molar-refractivity contribution is 6.39. The number of hydrogen-bond donors (Lipinski definition) is 1. The summed E-state index contributed by atoms with van der Waals surface area (Å²) < 4.78 is 4.64. The number of hydrogen-bond acceptors (Lipinski definition) is 5. The molecule has 7 heteroatoms. The Morgan fingerprint density at radius 1 is 1.00 bits per heavy atom. The van der Waals surface area contributed by atoms with Crippen molar-refractivity contribution in [1.82, 2.24) is 5.32 Å². The van der Waals surface area contributed by atoms with Crippen molar-refractivity contribution >= 4 is 35.6 Å². The lowest BCUT2D eigenvalue weighted by molar-refractivity contribution is -0.122. The van der Waals surface area contributed by atoms with Crippen molar-refractivity contribution in [1.29, 1.82) is 0 Å². The van der Waals surface area contributed by atoms with Gasteiger partial charge in [-0.3, -0.25) is 14.9 Å². The van der Waals surface area contributed by atoms with Gasteiger partial charge in [-0.25, -0.2) is 14.5 Å². The number of rotatable bonds is 3. The number of benzene rings is 2. The second-order valence-corrected chi connectivity index (χ2v) is 6.34. The topological polar surface area (TPSA) is 92.8 Å². The summed E-state index contributed by atoms with van der Waals surface area (Å²) in [5.74, 6) is -1.97. The van der Waals surface area contributed by atoms with Gasteiger partial charge in [0, 0.05) is 0 Å². The number of nitrogens with one attached hydrogen (secondary N) is 1. The number of carbonyl (C=O) groups is 4. The van der Waals surface area contributed by atoms with E-state index in [2.05, 4.69) is 10.1 Å². The zero-order chi connectivity index (χ0) is 20.4. The first-order chi connectivity index (χ1) is 13.3. The molecule has 1 aliphatic heterocycles. The molecule has 142 valence electrons. The van der Waals surface area contributed by atoms with Gasteiger partial charge in [-0.1, -0.05) is 18.2 Å². The number of nitrogens with zero attached hydrogens (tertiary/aromatic N) is 1. The van der Waals surface area contributed by atoms with Gasteiger partial charge >= 0.3 is 12.0 Å². The molecule has 1 N–H and O–H groups in total. The first-order valence-electron chi connectivity index (χ1n) is 8.49. The van der Waals surface area contributed by atoms with Crippen molar-refractivity contribution in [2.45, 2.75) is 13.8 Å². The molecule has 0 saturated carbocycles. The highest BCUT2D eigenvalue weighted by Gasteiger charge is 2.36. The van der Waals surface area contributed by atoms with E-state index >= 15 is 0 Å². The lowest BCUT2D eigenvalue weighted by atomic mass is 10.0. The molecule has 3 rings (SSSR count). The summed E-state index contributed by atoms with van der Waals surface area (Å²) in [6, 6.07) is 10.6. The van der Waals surface area contributed by atoms with Gasteiger partial charge in [0.2, 0.25) is 0 Å². The van der Waals surface area contributed by atoms with Crippen molar-refractivity contribution < 1.29 is 23.9 Å². The van der Waals surface area contributed by atoms with E-state index < -0.39 is 23.8 Å². The molecular formula is C21H18N2O5. The molecule has 1 aliphatic rings. The van der Waals surface area contributed by atoms with Crippen LogP contribution < -0.4 is 10.2 Å². The van der Waals surface area contributed by atoms with Crippen molar-refractivity contribution in [3.05, 3.63) is 70.3 Å². The molecule has 28 heavy (non-hydrogen) atoms. The minimum Gasteiger partial charge on any atom is -0.465 e. The molecule has 1 fully saturated rings. The highest BCUT2D eigenvalue weighted by atomic mass is 16.5. The van der Waals surface area contributed by atoms with Crippen LogP contribution in [0.4, 0.5) is 10.5 Å². The van der Waals surface area contributed by atoms with E-state index in [1.165, 1.54) is 25.3 Å². The van der Waals surface area contributed by atoms with Crippen LogP contribution in [0.1, 0.15) is 27.0 Å². The summed E-state index contributed by atoms with van der Waals surface area (Å²) in [6.45, 7) is 3.79. The summed E-state index contributed by atoms with van der Waals surface area (Å²) in [4.78, 5) is 49.8. The standard InChI is InChI=1S/C21H18N2O5/c1-12-4-9-16(10-13(12)2)23-19(25)17(18(24)22-21(23)27)11-14-5-7-15(8-6-14)20(26)28-3/h4-11H,1-3H3,(H,22,24,27)/b17-11+. The zero-order valence-electron chi connectivity index (χ0n) is 15.6. The summed E-state index contributed by atoms with van der Waals surface area (Å²) in [5.41, 5.74) is 3.01. The molecule has 0 aliphatic carbocycles. The molecule has 7 nitrogen and oxygen atoms in total. The number of barbiturate groups is 1. The number of carbonyl (C=O) groups excluding carboxylic acids is 4. The molecule has 1 saturated heterocycles. The number of esters is 1. The van der Waals surface area contributed by atoms with Gasteiger partial charge in [0.15, 0.2) is 0 Å². The fourth-order valence-electron chi connectivity index (χ4n) is 2.76. The Morgan fingerprint density at radius 2 is 1.68 bits per heavy atom. The number of aryl methyl sites for hydroxylation is 2. The number of amides is 4. The summed E-state index contributed by atoms with van der Waals surface area (Å²) in [6.07, 6.45) is 1.37. The lowest BCUT2D eigenvalue weighted by Crippen LogP contribution is -2.54. The van der Waals surface area contributed by atoms with Gasteiger partial charge in [-0.05, 0) is 60.9 Å². The van der Waals surface area contributed by atoms with Crippen LogP contribution in [0.2, 0.25) is 0 Å². The molecule has 1 heterocycles. The third kappa shape index (κ3) is 3.55. The Hall–Kier alpha value is -3.74. The maximum Gasteiger partial charge on any atom is 0.337 e. The second-order valence-electron chi connectivity index (χ2n) is 6.34. The van der Waals surface area contributed by atoms with Gasteiger partial charge in [-0.15, -0.1) is 0 Å². The minimum atomic E-state index is -0.795. The van der Waals surface area contributed by atoms with E-state index in [0.717, 1.165) is 16.0 Å². The lowest BCUT2D eigenvalue weighted by Gasteiger charge is -2.26. The Labute approximate surface area is 161 Å². The molecule has 0 bridgehead atoms. The highest BCUT2D eigenvalue weighted by Crippen LogP contribution is 2.24. The molecular weight excluding hydrogens is 360 g/mol. The predicted molar refractivity (Wildman–Crippen MR) is 103 cm³/mol. The van der Waals surface area contributed by atoms with Crippen LogP contribution in [0.15, 0.2) is 48.0 Å². The minimum absolute atomic E-state index is 0.177. The van der Waals surface area contributed by atoms with Crippen LogP contribution >= 0.6 is 0 Å². The molecule has 2 aromatic carbocycles. The van der Waals surface area contributed by atoms with E-state index in [4.69, 9.17) is 0 Å². The van der Waals surface area contributed by atoms with Gasteiger partial charge < -0.3 is 4.74 Å². The predicted octanol–water partition coefficient (Wildman–Crippen LogP) is 2.76. The third-order valence-electron chi connectivity index (χ3n) is 4.49. The van der Waals surface area contributed by atoms with E-state index in [0.29, 0.717) is 16.8 Å². The van der Waals surface area contributed by atoms with Crippen molar-refractivity contribution in [3.8, 4) is 0 Å². The quantitative estimate of drug-likeness (QED) is 0.504. The second kappa shape index (κ2) is 7.48. The SMILES string of the molecule is COC(=O)c1ccc(/C=C2\C(=O)NC(=O)N(c3ccc(C)c(C)c3)C2=O)cc1. The van der Waals surface area contributed by atoms with Gasteiger partial charge in [0.05, 0.1) is 18.4 Å². The van der Waals surface area contributed by atoms with Crippen LogP contribution in [0.5, 0.6) is 0 Å². The van der Waals surface area contributed by atoms with Crippen LogP contribution in [0, 0.1) is 13.8 Å². The Balaban J connectivity index is 1.96. The van der Waals surface area contributed by atoms with E-state index in [-0.39, 0.29) is 5.57 Å². The molecule has 2 aromatic rings. The monoisotopic (exact) mass is 378 g/mol. The maximum atomic E-state index is 12.9. The average molecular weight is 378 g/mol. The largest absolute Gasteiger partial charge is 0.465 e. The molecule has 4 amide bonds. The molecule has 0 aromatic heterocycles. The van der Waals surface area contributed by atoms with Crippen LogP contribution in [0.3, 0.4) is 0 Å². The van der Waals surface area contributed by atoms with Crippen LogP contribution in [-0.2, 0) is 14.3 Å². The van der Waals surface area contributed by atoms with E-state index in [1.807, 2.05) is 13.8 Å². The fourth-order valence-corrected chi connectivity index (χ4v) is 2.76. The molecule has 0 unspecified atom stereocenters.